The van der Waals surface area contributed by atoms with E-state index in [1.807, 2.05) is 54.7 Å². The third kappa shape index (κ3) is 4.47. The van der Waals surface area contributed by atoms with Crippen molar-refractivity contribution in [2.75, 3.05) is 13.1 Å². The van der Waals surface area contributed by atoms with Crippen molar-refractivity contribution in [3.63, 3.8) is 0 Å². The van der Waals surface area contributed by atoms with Crippen LogP contribution in [0.5, 0.6) is 0 Å². The molecule has 2 aromatic heterocycles. The van der Waals surface area contributed by atoms with E-state index in [1.54, 1.807) is 0 Å². The molecule has 0 spiro atoms. The number of rotatable bonds is 2. The minimum atomic E-state index is -0.357. The Hall–Kier alpha value is -2.90. The molecule has 2 fully saturated rings. The van der Waals surface area contributed by atoms with Crippen LogP contribution >= 0.6 is 0 Å². The maximum Gasteiger partial charge on any atom is 0.410 e. The van der Waals surface area contributed by atoms with E-state index in [2.05, 4.69) is 29.1 Å². The molecule has 8 heteroatoms. The Kier molecular flexibility index (Phi) is 5.26. The van der Waals surface area contributed by atoms with Gasteiger partial charge < -0.3 is 14.2 Å². The first-order chi connectivity index (χ1) is 14.2. The summed E-state index contributed by atoms with van der Waals surface area (Å²) in [6, 6.07) is 6.35. The summed E-state index contributed by atoms with van der Waals surface area (Å²) in [7, 11) is 0. The van der Waals surface area contributed by atoms with Crippen LogP contribution in [0.3, 0.4) is 0 Å². The number of aromatic nitrogens is 4. The molecule has 3 heterocycles. The average molecular weight is 412 g/mol. The van der Waals surface area contributed by atoms with Crippen LogP contribution in [-0.2, 0) is 4.74 Å². The molecule has 1 aliphatic heterocycles. The van der Waals surface area contributed by atoms with Crippen molar-refractivity contribution in [1.82, 2.24) is 24.8 Å². The summed E-state index contributed by atoms with van der Waals surface area (Å²) in [5.41, 5.74) is 1.67. The number of amides is 1. The zero-order chi connectivity index (χ0) is 21.5. The number of hydrogen-bond donors (Lipinski definition) is 0. The van der Waals surface area contributed by atoms with Gasteiger partial charge in [0.05, 0.1) is 11.7 Å². The van der Waals surface area contributed by atoms with E-state index >= 15 is 0 Å². The van der Waals surface area contributed by atoms with Gasteiger partial charge in [-0.25, -0.2) is 4.79 Å². The number of carbonyl (C=O) groups excluding carboxylic acids is 1. The third-order valence-electron chi connectivity index (χ3n) is 5.34. The smallest absolute Gasteiger partial charge is 0.410 e. The van der Waals surface area contributed by atoms with Crippen molar-refractivity contribution in [2.45, 2.75) is 52.7 Å². The first kappa shape index (κ1) is 20.4. The summed E-state index contributed by atoms with van der Waals surface area (Å²) < 4.78 is 12.0. The SMILES string of the molecule is CC(C)(C)OC(=O)N1CC2C[C@@H]2C1.CC(C)n1ncc2ccc(-c3ncon3)cc21. The minimum Gasteiger partial charge on any atom is -0.444 e. The van der Waals surface area contributed by atoms with Gasteiger partial charge in [-0.1, -0.05) is 17.3 Å². The van der Waals surface area contributed by atoms with Crippen LogP contribution in [0.25, 0.3) is 22.3 Å². The minimum absolute atomic E-state index is 0.139. The molecule has 2 aliphatic rings. The lowest BCUT2D eigenvalue weighted by Crippen LogP contribution is -2.36. The van der Waals surface area contributed by atoms with Crippen LogP contribution in [0.1, 0.15) is 47.1 Å². The highest BCUT2D eigenvalue weighted by Crippen LogP contribution is 2.45. The fourth-order valence-corrected chi connectivity index (χ4v) is 3.76. The maximum atomic E-state index is 11.5. The summed E-state index contributed by atoms with van der Waals surface area (Å²) in [5.74, 6) is 2.17. The van der Waals surface area contributed by atoms with Crippen molar-refractivity contribution < 1.29 is 14.1 Å². The van der Waals surface area contributed by atoms with E-state index in [0.717, 1.165) is 41.4 Å². The fraction of sp³-hybridized carbons (Fsp3) is 0.545. The Bertz CT molecular complexity index is 1010. The second-order valence-corrected chi connectivity index (χ2v) is 9.35. The number of carbonyl (C=O) groups is 1. The highest BCUT2D eigenvalue weighted by atomic mass is 16.6. The number of likely N-dealkylation sites (tertiary alicyclic amines) is 1. The Balaban J connectivity index is 0.000000151. The van der Waals surface area contributed by atoms with Crippen LogP contribution in [0.15, 0.2) is 35.3 Å². The highest BCUT2D eigenvalue weighted by molar-refractivity contribution is 5.83. The largest absolute Gasteiger partial charge is 0.444 e. The molecule has 30 heavy (non-hydrogen) atoms. The van der Waals surface area contributed by atoms with Crippen molar-refractivity contribution >= 4 is 17.0 Å². The van der Waals surface area contributed by atoms with Gasteiger partial charge in [-0.05, 0) is 58.9 Å². The molecule has 5 rings (SSSR count). The van der Waals surface area contributed by atoms with E-state index < -0.39 is 0 Å². The van der Waals surface area contributed by atoms with E-state index in [9.17, 15) is 4.79 Å². The molecule has 1 aliphatic carbocycles. The van der Waals surface area contributed by atoms with Crippen LogP contribution in [0.2, 0.25) is 0 Å². The molecular weight excluding hydrogens is 382 g/mol. The maximum absolute atomic E-state index is 11.5. The molecule has 2 atom stereocenters. The van der Waals surface area contributed by atoms with E-state index in [0.29, 0.717) is 11.9 Å². The summed E-state index contributed by atoms with van der Waals surface area (Å²) >= 11 is 0. The molecule has 0 N–H and O–H groups in total. The standard InChI is InChI=1S/C12H12N4O.C10H17NO2/c1-8(2)16-11-5-9(12-13-7-17-15-12)3-4-10(11)6-14-16;1-10(2,3)13-9(12)11-5-7-4-8(7)6-11/h3-8H,1-2H3;7-8H,4-6H2,1-3H3/t;7-,8?/m.1/s1. The summed E-state index contributed by atoms with van der Waals surface area (Å²) in [5, 5.41) is 9.32. The number of nitrogens with zero attached hydrogens (tertiary/aromatic N) is 5. The second kappa shape index (κ2) is 7.74. The van der Waals surface area contributed by atoms with Crippen molar-refractivity contribution in [3.05, 3.63) is 30.8 Å². The Morgan fingerprint density at radius 2 is 1.97 bits per heavy atom. The van der Waals surface area contributed by atoms with Gasteiger partial charge in [-0.3, -0.25) is 4.68 Å². The molecule has 1 saturated heterocycles. The normalized spacial score (nSPS) is 20.1. The van der Waals surface area contributed by atoms with Gasteiger partial charge in [0.15, 0.2) is 0 Å². The number of ether oxygens (including phenoxy) is 1. The molecule has 1 amide bonds. The van der Waals surface area contributed by atoms with Gasteiger partial charge in [0.2, 0.25) is 12.2 Å². The van der Waals surface area contributed by atoms with Crippen molar-refractivity contribution in [3.8, 4) is 11.4 Å². The molecule has 1 unspecified atom stereocenters. The number of benzene rings is 1. The van der Waals surface area contributed by atoms with Crippen LogP contribution in [0.4, 0.5) is 4.79 Å². The van der Waals surface area contributed by atoms with E-state index in [-0.39, 0.29) is 11.7 Å². The van der Waals surface area contributed by atoms with Gasteiger partial charge in [0, 0.05) is 30.1 Å². The predicted molar refractivity (Wildman–Crippen MR) is 113 cm³/mol. The van der Waals surface area contributed by atoms with Gasteiger partial charge in [-0.15, -0.1) is 0 Å². The molecule has 0 radical (unpaired) electrons. The zero-order valence-electron chi connectivity index (χ0n) is 18.2. The topological polar surface area (TPSA) is 86.3 Å². The molecule has 1 saturated carbocycles. The van der Waals surface area contributed by atoms with Crippen molar-refractivity contribution in [1.29, 1.82) is 0 Å². The molecule has 3 aromatic rings. The monoisotopic (exact) mass is 411 g/mol. The number of hydrogen-bond acceptors (Lipinski definition) is 6. The Morgan fingerprint density at radius 3 is 2.57 bits per heavy atom. The number of piperidine rings is 1. The average Bonchev–Trinajstić information content (AvgIpc) is 3.14. The summed E-state index contributed by atoms with van der Waals surface area (Å²) in [4.78, 5) is 17.4. The molecular formula is C22H29N5O3. The molecule has 1 aromatic carbocycles. The van der Waals surface area contributed by atoms with Crippen LogP contribution < -0.4 is 0 Å². The third-order valence-corrected chi connectivity index (χ3v) is 5.34. The second-order valence-electron chi connectivity index (χ2n) is 9.35. The lowest BCUT2D eigenvalue weighted by atomic mass is 10.1. The Labute approximate surface area is 176 Å². The van der Waals surface area contributed by atoms with Crippen molar-refractivity contribution in [2.24, 2.45) is 11.8 Å². The number of fused-ring (bicyclic) bond motifs is 2. The lowest BCUT2D eigenvalue weighted by Gasteiger charge is -2.25. The highest BCUT2D eigenvalue weighted by Gasteiger charge is 2.47. The molecule has 0 bridgehead atoms. The first-order valence-corrected chi connectivity index (χ1v) is 10.4. The first-order valence-electron chi connectivity index (χ1n) is 10.4. The zero-order valence-corrected chi connectivity index (χ0v) is 18.2. The quantitative estimate of drug-likeness (QED) is 0.615. The lowest BCUT2D eigenvalue weighted by molar-refractivity contribution is 0.0274. The van der Waals surface area contributed by atoms with E-state index in [1.165, 1.54) is 12.8 Å². The van der Waals surface area contributed by atoms with Gasteiger partial charge in [0.25, 0.3) is 0 Å². The summed E-state index contributed by atoms with van der Waals surface area (Å²) in [6.07, 6.45) is 4.38. The van der Waals surface area contributed by atoms with Crippen LogP contribution in [-0.4, -0.2) is 49.6 Å². The molecule has 160 valence electrons. The van der Waals surface area contributed by atoms with Gasteiger partial charge in [-0.2, -0.15) is 10.1 Å². The predicted octanol–water partition coefficient (Wildman–Crippen LogP) is 4.54. The van der Waals surface area contributed by atoms with Gasteiger partial charge in [0.1, 0.15) is 5.60 Å². The van der Waals surface area contributed by atoms with Gasteiger partial charge >= 0.3 is 6.09 Å². The summed E-state index contributed by atoms with van der Waals surface area (Å²) in [6.45, 7) is 11.8. The molecule has 8 nitrogen and oxygen atoms in total. The van der Waals surface area contributed by atoms with E-state index in [4.69, 9.17) is 9.26 Å². The van der Waals surface area contributed by atoms with Crippen LogP contribution in [0, 0.1) is 11.8 Å². The fourth-order valence-electron chi connectivity index (χ4n) is 3.76. The Morgan fingerprint density at radius 1 is 1.23 bits per heavy atom.